The number of nitrogens with zero attached hydrogens (tertiary/aromatic N) is 3. The van der Waals surface area contributed by atoms with E-state index < -0.39 is 9.85 Å². The molecule has 0 heterocycles. The molecule has 6 saturated carbocycles. The first kappa shape index (κ1) is 15.3. The third kappa shape index (κ3) is 1.55. The second-order valence-electron chi connectivity index (χ2n) is 8.23. The summed E-state index contributed by atoms with van der Waals surface area (Å²) in [4.78, 5) is 20.9. The molecular weight excluding hydrogens is 451 g/mol. The molecule has 1 aromatic rings. The van der Waals surface area contributed by atoms with Crippen LogP contribution in [0.2, 0.25) is 0 Å². The highest BCUT2D eigenvalue weighted by Crippen LogP contribution is 2.82. The lowest BCUT2D eigenvalue weighted by Crippen LogP contribution is -2.30. The van der Waals surface area contributed by atoms with E-state index in [-0.39, 0.29) is 17.1 Å². The van der Waals surface area contributed by atoms with Gasteiger partial charge in [0.05, 0.1) is 15.9 Å². The van der Waals surface area contributed by atoms with Crippen LogP contribution in [0.1, 0.15) is 6.42 Å². The number of anilines is 1. The fraction of sp³-hybridized carbons (Fsp3) is 0.588. The molecule has 8 nitrogen and oxygen atoms in total. The number of nitrogens with one attached hydrogen (secondary N) is 1. The van der Waals surface area contributed by atoms with Gasteiger partial charge in [-0.1, -0.05) is 22.6 Å². The van der Waals surface area contributed by atoms with Crippen molar-refractivity contribution in [2.24, 2.45) is 52.4 Å². The van der Waals surface area contributed by atoms with E-state index in [4.69, 9.17) is 0 Å². The van der Waals surface area contributed by atoms with Gasteiger partial charge in [0, 0.05) is 27.5 Å². The fourth-order valence-corrected chi connectivity index (χ4v) is 9.32. The van der Waals surface area contributed by atoms with Crippen molar-refractivity contribution >= 4 is 45.4 Å². The van der Waals surface area contributed by atoms with Crippen LogP contribution in [-0.2, 0) is 0 Å². The molecule has 0 aromatic heterocycles. The Kier molecular flexibility index (Phi) is 2.78. The van der Waals surface area contributed by atoms with Gasteiger partial charge < -0.3 is 0 Å². The quantitative estimate of drug-likeness (QED) is 0.316. The Morgan fingerprint density at radius 2 is 1.81 bits per heavy atom. The van der Waals surface area contributed by atoms with Crippen LogP contribution in [0.3, 0.4) is 0 Å². The van der Waals surface area contributed by atoms with E-state index in [1.54, 1.807) is 0 Å². The van der Waals surface area contributed by atoms with Gasteiger partial charge in [-0.15, -0.1) is 0 Å². The number of hydrogen-bond acceptors (Lipinski definition) is 6. The van der Waals surface area contributed by atoms with E-state index in [1.165, 1.54) is 24.3 Å². The standard InChI is InChI=1S/C17H15IN4O4/c18-16-12-6-4-7-10(12)15-14(16)11(6)13(7)17(15)20-19-8-2-1-5(21(23)24)3-9(8)22(25)26/h1-3,6-7,10-16,19H,4H2/b20-17+/t6-,7+,10+,11+,12-,13+,14-,15+,16+/m1/s1. The van der Waals surface area contributed by atoms with Gasteiger partial charge in [0.15, 0.2) is 0 Å². The Morgan fingerprint density at radius 1 is 1.04 bits per heavy atom. The van der Waals surface area contributed by atoms with E-state index in [0.717, 1.165) is 45.5 Å². The highest BCUT2D eigenvalue weighted by atomic mass is 127. The minimum Gasteiger partial charge on any atom is -0.272 e. The molecule has 0 spiro atoms. The number of hydrogen-bond donors (Lipinski definition) is 1. The molecule has 0 unspecified atom stereocenters. The largest absolute Gasteiger partial charge is 0.301 e. The summed E-state index contributed by atoms with van der Waals surface area (Å²) in [6.07, 6.45) is 1.34. The summed E-state index contributed by atoms with van der Waals surface area (Å²) < 4.78 is 0.758. The van der Waals surface area contributed by atoms with Crippen molar-refractivity contribution in [3.8, 4) is 0 Å². The second-order valence-corrected chi connectivity index (χ2v) is 9.67. The Balaban J connectivity index is 1.35. The van der Waals surface area contributed by atoms with Gasteiger partial charge in [-0.05, 0) is 48.0 Å². The number of halogens is 1. The SMILES string of the molecule is O=[N+]([O-])c1ccc(N/N=C2/[C@H]3[C@H]4[C@@H]5C[C@H]6[C@H]4[C@H](I)[C@@H]3[C@@H]6[C@@H]25)c([N+](=O)[O-])c1. The van der Waals surface area contributed by atoms with Crippen molar-refractivity contribution in [1.29, 1.82) is 0 Å². The van der Waals surface area contributed by atoms with Gasteiger partial charge in [0.25, 0.3) is 5.69 Å². The lowest BCUT2D eigenvalue weighted by molar-refractivity contribution is -0.393. The molecule has 6 fully saturated rings. The van der Waals surface area contributed by atoms with Crippen LogP contribution in [-0.4, -0.2) is 19.5 Å². The minimum absolute atomic E-state index is 0.220. The van der Waals surface area contributed by atoms with E-state index in [0.29, 0.717) is 11.8 Å². The van der Waals surface area contributed by atoms with Gasteiger partial charge in [-0.3, -0.25) is 25.7 Å². The molecule has 0 saturated heterocycles. The average molecular weight is 466 g/mol. The second kappa shape index (κ2) is 4.73. The zero-order chi connectivity index (χ0) is 17.9. The number of rotatable bonds is 4. The summed E-state index contributed by atoms with van der Waals surface area (Å²) in [6.45, 7) is 0. The van der Waals surface area contributed by atoms with Gasteiger partial charge >= 0.3 is 5.69 Å². The van der Waals surface area contributed by atoms with E-state index >= 15 is 0 Å². The Labute approximate surface area is 161 Å². The Bertz CT molecular complexity index is 918. The Hall–Kier alpha value is -1.78. The highest BCUT2D eigenvalue weighted by Gasteiger charge is 2.82. The predicted molar refractivity (Wildman–Crippen MR) is 101 cm³/mol. The van der Waals surface area contributed by atoms with Crippen molar-refractivity contribution in [2.75, 3.05) is 5.43 Å². The first-order valence-electron chi connectivity index (χ1n) is 8.89. The topological polar surface area (TPSA) is 111 Å². The van der Waals surface area contributed by atoms with E-state index in [2.05, 4.69) is 33.1 Å². The molecule has 26 heavy (non-hydrogen) atoms. The lowest BCUT2D eigenvalue weighted by Gasteiger charge is -2.32. The third-order valence-electron chi connectivity index (χ3n) is 7.73. The lowest BCUT2D eigenvalue weighted by atomic mass is 9.71. The summed E-state index contributed by atoms with van der Waals surface area (Å²) in [6, 6.07) is 3.65. The Morgan fingerprint density at radius 3 is 2.50 bits per heavy atom. The maximum atomic E-state index is 11.3. The molecule has 1 aromatic carbocycles. The number of non-ortho nitro benzene ring substituents is 1. The van der Waals surface area contributed by atoms with E-state index in [1.807, 2.05) is 0 Å². The third-order valence-corrected chi connectivity index (χ3v) is 9.40. The number of alkyl halides is 1. The average Bonchev–Trinajstić information content (AvgIpc) is 3.35. The molecule has 0 radical (unpaired) electrons. The molecule has 9 atom stereocenters. The molecule has 134 valence electrons. The van der Waals surface area contributed by atoms with Crippen molar-refractivity contribution in [3.63, 3.8) is 0 Å². The summed E-state index contributed by atoms with van der Waals surface area (Å²) in [7, 11) is 0. The summed E-state index contributed by atoms with van der Waals surface area (Å²) >= 11 is 2.65. The molecule has 0 amide bonds. The summed E-state index contributed by atoms with van der Waals surface area (Å²) in [5.41, 5.74) is 3.72. The van der Waals surface area contributed by atoms with E-state index in [9.17, 15) is 20.2 Å². The van der Waals surface area contributed by atoms with Crippen molar-refractivity contribution < 1.29 is 9.85 Å². The number of nitro groups is 2. The maximum absolute atomic E-state index is 11.3. The van der Waals surface area contributed by atoms with Crippen molar-refractivity contribution in [1.82, 2.24) is 0 Å². The van der Waals surface area contributed by atoms with Gasteiger partial charge in [0.2, 0.25) is 0 Å². The van der Waals surface area contributed by atoms with Crippen molar-refractivity contribution in [3.05, 3.63) is 38.4 Å². The first-order valence-corrected chi connectivity index (χ1v) is 10.1. The number of hydrazone groups is 1. The molecule has 0 aliphatic heterocycles. The van der Waals surface area contributed by atoms with Crippen LogP contribution in [0.15, 0.2) is 23.3 Å². The molecule has 1 N–H and O–H groups in total. The smallest absolute Gasteiger partial charge is 0.272 e. The first-order chi connectivity index (χ1) is 12.5. The van der Waals surface area contributed by atoms with Crippen LogP contribution in [0, 0.1) is 67.6 Å². The van der Waals surface area contributed by atoms with Gasteiger partial charge in [-0.25, -0.2) is 0 Å². The molecule has 6 aliphatic carbocycles. The molecule has 6 aliphatic rings. The molecular formula is C17H15IN4O4. The maximum Gasteiger partial charge on any atom is 0.301 e. The number of nitro benzene ring substituents is 2. The number of benzene rings is 1. The monoisotopic (exact) mass is 466 g/mol. The zero-order valence-electron chi connectivity index (χ0n) is 13.5. The van der Waals surface area contributed by atoms with Crippen LogP contribution in [0.5, 0.6) is 0 Å². The van der Waals surface area contributed by atoms with Crippen molar-refractivity contribution in [2.45, 2.75) is 10.3 Å². The minimum atomic E-state index is -0.626. The molecule has 9 heteroatoms. The fourth-order valence-electron chi connectivity index (χ4n) is 7.38. The van der Waals surface area contributed by atoms with Gasteiger partial charge in [0.1, 0.15) is 5.69 Å². The predicted octanol–water partition coefficient (Wildman–Crippen LogP) is 3.46. The molecule has 6 bridgehead atoms. The van der Waals surface area contributed by atoms with Crippen LogP contribution >= 0.6 is 22.6 Å². The van der Waals surface area contributed by atoms with Crippen LogP contribution in [0.25, 0.3) is 0 Å². The highest BCUT2D eigenvalue weighted by molar-refractivity contribution is 14.1. The molecule has 7 rings (SSSR count). The van der Waals surface area contributed by atoms with Gasteiger partial charge in [-0.2, -0.15) is 5.10 Å². The van der Waals surface area contributed by atoms with Crippen LogP contribution in [0.4, 0.5) is 17.1 Å². The zero-order valence-corrected chi connectivity index (χ0v) is 15.6. The normalized spacial score (nSPS) is 46.8. The summed E-state index contributed by atoms with van der Waals surface area (Å²) in [5.74, 6) is 5.89. The summed E-state index contributed by atoms with van der Waals surface area (Å²) in [5, 5.41) is 26.8. The van der Waals surface area contributed by atoms with Crippen LogP contribution < -0.4 is 5.43 Å².